The van der Waals surface area contributed by atoms with E-state index in [2.05, 4.69) is 34.2 Å². The average Bonchev–Trinajstić information content (AvgIpc) is 3.91. The number of benzene rings is 2. The van der Waals surface area contributed by atoms with E-state index in [0.29, 0.717) is 31.4 Å². The van der Waals surface area contributed by atoms with Gasteiger partial charge in [0.05, 0.1) is 35.7 Å². The van der Waals surface area contributed by atoms with E-state index in [1.54, 1.807) is 13.8 Å². The number of alkyl halides is 10. The van der Waals surface area contributed by atoms with Crippen LogP contribution < -0.4 is 24.3 Å². The molecule has 0 aliphatic carbocycles. The fourth-order valence-electron chi connectivity index (χ4n) is 6.66. The van der Waals surface area contributed by atoms with E-state index < -0.39 is 59.9 Å². The molecule has 4 N–H and O–H groups in total. The Balaban J connectivity index is 0.000000169. The number of halogens is 10. The first-order valence-electron chi connectivity index (χ1n) is 17.8. The van der Waals surface area contributed by atoms with Gasteiger partial charge < -0.3 is 53.6 Å². The average molecular weight is 885 g/mol. The Morgan fingerprint density at radius 1 is 0.721 bits per heavy atom. The third-order valence-corrected chi connectivity index (χ3v) is 9.77. The highest BCUT2D eigenvalue weighted by Gasteiger charge is 2.56. The van der Waals surface area contributed by atoms with Gasteiger partial charge in [-0.3, -0.25) is 4.79 Å². The van der Waals surface area contributed by atoms with Gasteiger partial charge in [-0.05, 0) is 64.1 Å². The Kier molecular flexibility index (Phi) is 11.2. The van der Waals surface area contributed by atoms with E-state index in [1.165, 1.54) is 38.6 Å². The minimum atomic E-state index is -4.93. The Hall–Kier alpha value is -5.82. The van der Waals surface area contributed by atoms with Gasteiger partial charge in [0, 0.05) is 37.4 Å². The van der Waals surface area contributed by atoms with Crippen LogP contribution in [-0.4, -0.2) is 89.2 Å². The molecule has 4 aliphatic rings. The lowest BCUT2D eigenvalue weighted by Gasteiger charge is -2.36. The van der Waals surface area contributed by atoms with Crippen LogP contribution in [0.2, 0.25) is 0 Å². The smallest absolute Gasteiger partial charge is 0.478 e. The second-order valence-electron chi connectivity index (χ2n) is 14.5. The number of carbonyl (C=O) groups excluding carboxylic acids is 1. The van der Waals surface area contributed by atoms with Gasteiger partial charge in [-0.15, -0.1) is 17.6 Å². The minimum Gasteiger partial charge on any atom is -0.478 e. The molecule has 0 spiro atoms. The summed E-state index contributed by atoms with van der Waals surface area (Å²) >= 11 is 0. The molecule has 0 saturated heterocycles. The molecule has 4 atom stereocenters. The van der Waals surface area contributed by atoms with Crippen LogP contribution >= 0.6 is 0 Å². The van der Waals surface area contributed by atoms with Crippen molar-refractivity contribution in [3.05, 3.63) is 83.0 Å². The van der Waals surface area contributed by atoms with Gasteiger partial charge >= 0.3 is 30.9 Å². The zero-order valence-corrected chi connectivity index (χ0v) is 31.9. The SMILES string of the molecule is C[C@H]1CN(C(=O)c2ccc3c(c2)OC(F)(F)O3)Cc2cnc([C@@](C)(O)C(F)(F)F)n21.C[C@H]1CNCc2cnc([C@@](C)(O)C(F)(F)F)n21.O=C(O)c1ccc2c(c1)OC(F)(F)O2. The van der Waals surface area contributed by atoms with Crippen LogP contribution in [0.25, 0.3) is 0 Å². The van der Waals surface area contributed by atoms with Gasteiger partial charge in [0.15, 0.2) is 34.6 Å². The van der Waals surface area contributed by atoms with Crippen LogP contribution in [-0.2, 0) is 24.3 Å². The molecule has 4 aliphatic heterocycles. The highest BCUT2D eigenvalue weighted by molar-refractivity contribution is 5.95. The van der Waals surface area contributed by atoms with Crippen LogP contribution in [0, 0.1) is 0 Å². The maximum Gasteiger partial charge on any atom is 0.586 e. The van der Waals surface area contributed by atoms with Crippen molar-refractivity contribution in [1.29, 1.82) is 0 Å². The molecule has 25 heteroatoms. The zero-order chi connectivity index (χ0) is 45.2. The summed E-state index contributed by atoms with van der Waals surface area (Å²) in [5.74, 6) is -3.57. The van der Waals surface area contributed by atoms with Crippen LogP contribution in [0.5, 0.6) is 23.0 Å². The van der Waals surface area contributed by atoms with Crippen molar-refractivity contribution in [3.63, 3.8) is 0 Å². The van der Waals surface area contributed by atoms with Gasteiger partial charge in [0.25, 0.3) is 5.91 Å². The van der Waals surface area contributed by atoms with E-state index in [1.807, 2.05) is 0 Å². The van der Waals surface area contributed by atoms with E-state index in [0.717, 1.165) is 31.2 Å². The van der Waals surface area contributed by atoms with Crippen molar-refractivity contribution in [3.8, 4) is 23.0 Å². The zero-order valence-electron chi connectivity index (χ0n) is 31.9. The predicted molar refractivity (Wildman–Crippen MR) is 184 cm³/mol. The number of rotatable bonds is 4. The number of fused-ring (bicyclic) bond motifs is 4. The number of aromatic nitrogens is 4. The van der Waals surface area contributed by atoms with Gasteiger partial charge in [0.1, 0.15) is 0 Å². The Morgan fingerprint density at radius 2 is 1.16 bits per heavy atom. The van der Waals surface area contributed by atoms with E-state index in [4.69, 9.17) is 5.11 Å². The summed E-state index contributed by atoms with van der Waals surface area (Å²) in [6, 6.07) is 6.08. The molecule has 2 aromatic heterocycles. The number of amides is 1. The molecule has 61 heavy (non-hydrogen) atoms. The summed E-state index contributed by atoms with van der Waals surface area (Å²) in [5, 5.41) is 31.3. The number of aromatic carboxylic acids is 1. The number of hydrogen-bond donors (Lipinski definition) is 4. The molecule has 2 aromatic carbocycles. The van der Waals surface area contributed by atoms with Crippen LogP contribution in [0.15, 0.2) is 48.8 Å². The maximum absolute atomic E-state index is 13.2. The van der Waals surface area contributed by atoms with Crippen molar-refractivity contribution >= 4 is 11.9 Å². The van der Waals surface area contributed by atoms with Gasteiger partial charge in [-0.2, -0.15) is 26.3 Å². The third kappa shape index (κ3) is 8.70. The topological polar surface area (TPSA) is 183 Å². The van der Waals surface area contributed by atoms with Crippen molar-refractivity contribution in [2.24, 2.45) is 0 Å². The summed E-state index contributed by atoms with van der Waals surface area (Å²) in [5.41, 5.74) is -5.20. The molecule has 15 nitrogen and oxygen atoms in total. The number of carboxylic acid groups (broad SMARTS) is 1. The number of aliphatic hydroxyl groups is 2. The van der Waals surface area contributed by atoms with Gasteiger partial charge in [-0.1, -0.05) is 0 Å². The molecule has 8 rings (SSSR count). The third-order valence-electron chi connectivity index (χ3n) is 9.77. The quantitative estimate of drug-likeness (QED) is 0.170. The summed E-state index contributed by atoms with van der Waals surface area (Å²) in [6.07, 6.45) is -14.7. The van der Waals surface area contributed by atoms with E-state index >= 15 is 0 Å². The first kappa shape index (κ1) is 44.7. The van der Waals surface area contributed by atoms with Crippen LogP contribution in [0.3, 0.4) is 0 Å². The number of ether oxygens (including phenoxy) is 4. The number of carbonyl (C=O) groups is 2. The van der Waals surface area contributed by atoms with Crippen molar-refractivity contribution in [1.82, 2.24) is 29.3 Å². The van der Waals surface area contributed by atoms with Crippen LogP contribution in [0.4, 0.5) is 43.9 Å². The first-order valence-corrected chi connectivity index (χ1v) is 17.8. The molecular weight excluding hydrogens is 850 g/mol. The highest BCUT2D eigenvalue weighted by atomic mass is 19.4. The number of hydrogen-bond acceptors (Lipinski definition) is 11. The lowest BCUT2D eigenvalue weighted by Crippen LogP contribution is -2.45. The van der Waals surface area contributed by atoms with E-state index in [9.17, 15) is 63.7 Å². The molecule has 0 saturated carbocycles. The highest BCUT2D eigenvalue weighted by Crippen LogP contribution is 2.44. The molecule has 0 bridgehead atoms. The molecular formula is C36H34F10N6O9. The van der Waals surface area contributed by atoms with Gasteiger partial charge in [-0.25, -0.2) is 14.8 Å². The summed E-state index contributed by atoms with van der Waals surface area (Å²) in [4.78, 5) is 32.2. The number of imidazole rings is 2. The Morgan fingerprint density at radius 3 is 1.66 bits per heavy atom. The molecule has 6 heterocycles. The van der Waals surface area contributed by atoms with E-state index in [-0.39, 0.29) is 59.1 Å². The normalized spacial score (nSPS) is 21.3. The molecule has 4 aromatic rings. The Labute approximate surface area is 337 Å². The molecule has 0 unspecified atom stereocenters. The fraction of sp³-hybridized carbons (Fsp3) is 0.444. The van der Waals surface area contributed by atoms with Crippen LogP contribution in [0.1, 0.15) is 83.5 Å². The fourth-order valence-corrected chi connectivity index (χ4v) is 6.66. The maximum atomic E-state index is 13.2. The first-order chi connectivity index (χ1) is 28.0. The summed E-state index contributed by atoms with van der Waals surface area (Å²) in [7, 11) is 0. The molecule has 0 fully saturated rings. The second-order valence-corrected chi connectivity index (χ2v) is 14.5. The number of nitrogens with zero attached hydrogens (tertiary/aromatic N) is 5. The standard InChI is InChI=1S/C18H16F5N3O4.C10H14F3N3O.C8H4F2O4/c1-9-7-25(8-11-6-24-15(26(9)11)16(2,28)17(19,20)21)14(27)10-3-4-12-13(5-10)30-18(22,23)29-12;1-6-3-14-4-7-5-15-8(16(6)7)9(2,17)10(11,12)13;9-8(10)13-5-2-1-4(7(11)12)3-6(5)14-8/h3-6,9,28H,7-8H2,1-2H3;5-6,14,17H,3-4H2,1-2H3;1-3H,(H,11,12)/t9-,16+;6-,9+;/m00./s1. The summed E-state index contributed by atoms with van der Waals surface area (Å²) < 4.78 is 149. The lowest BCUT2D eigenvalue weighted by atomic mass is 10.0. The number of carboxylic acids is 1. The molecule has 1 amide bonds. The molecule has 332 valence electrons. The monoisotopic (exact) mass is 884 g/mol. The second kappa shape index (κ2) is 15.3. The largest absolute Gasteiger partial charge is 0.586 e. The number of nitrogens with one attached hydrogen (secondary N) is 1. The molecule has 0 radical (unpaired) electrons. The lowest BCUT2D eigenvalue weighted by molar-refractivity contribution is -0.287. The van der Waals surface area contributed by atoms with Crippen molar-refractivity contribution in [2.45, 2.75) is 89.0 Å². The predicted octanol–water partition coefficient (Wildman–Crippen LogP) is 6.21. The van der Waals surface area contributed by atoms with Crippen molar-refractivity contribution < 1.29 is 87.8 Å². The Bertz CT molecular complexity index is 2330. The van der Waals surface area contributed by atoms with Gasteiger partial charge in [0.2, 0.25) is 11.2 Å². The summed E-state index contributed by atoms with van der Waals surface area (Å²) in [6.45, 7) is 5.69. The van der Waals surface area contributed by atoms with Crippen molar-refractivity contribution in [2.75, 3.05) is 13.1 Å². The minimum absolute atomic E-state index is 0.0216.